The second-order valence-corrected chi connectivity index (χ2v) is 8.29. The molecule has 0 unspecified atom stereocenters. The van der Waals surface area contributed by atoms with E-state index in [1.165, 1.54) is 11.8 Å². The Bertz CT molecular complexity index is 1160. The quantitative estimate of drug-likeness (QED) is 0.362. The Kier molecular flexibility index (Phi) is 8.44. The molecule has 0 saturated heterocycles. The molecule has 0 aliphatic carbocycles. The Hall–Kier alpha value is -3.13. The number of anilines is 1. The average molecular weight is 453 g/mol. The van der Waals surface area contributed by atoms with Crippen molar-refractivity contribution in [2.75, 3.05) is 17.6 Å². The van der Waals surface area contributed by atoms with Gasteiger partial charge in [-0.3, -0.25) is 19.0 Å². The van der Waals surface area contributed by atoms with Crippen LogP contribution in [0.25, 0.3) is 10.9 Å². The molecule has 2 aromatic carbocycles. The summed E-state index contributed by atoms with van der Waals surface area (Å²) in [5.74, 6) is -0.512. The minimum atomic E-state index is -0.293. The van der Waals surface area contributed by atoms with Crippen molar-refractivity contribution in [3.05, 3.63) is 64.4 Å². The lowest BCUT2D eigenvalue weighted by atomic mass is 10.1. The maximum absolute atomic E-state index is 12.9. The first kappa shape index (κ1) is 23.5. The first-order valence-corrected chi connectivity index (χ1v) is 11.8. The largest absolute Gasteiger partial charge is 0.346 e. The van der Waals surface area contributed by atoms with Crippen molar-refractivity contribution >= 4 is 40.2 Å². The Morgan fingerprint density at radius 2 is 1.78 bits per heavy atom. The molecule has 0 spiro atoms. The zero-order valence-corrected chi connectivity index (χ0v) is 19.2. The molecule has 8 heteroatoms. The minimum absolute atomic E-state index is 0.0652. The van der Waals surface area contributed by atoms with Crippen LogP contribution in [0.5, 0.6) is 0 Å². The van der Waals surface area contributed by atoms with Gasteiger partial charge in [0.2, 0.25) is 11.8 Å². The average Bonchev–Trinajstić information content (AvgIpc) is 2.81. The summed E-state index contributed by atoms with van der Waals surface area (Å²) in [5, 5.41) is 6.55. The molecular formula is C24H28N4O3S. The van der Waals surface area contributed by atoms with Crippen LogP contribution in [0.1, 0.15) is 32.3 Å². The van der Waals surface area contributed by atoms with E-state index in [1.807, 2.05) is 43.3 Å². The van der Waals surface area contributed by atoms with Crippen LogP contribution in [0.4, 0.5) is 5.69 Å². The molecule has 0 aliphatic rings. The van der Waals surface area contributed by atoms with Gasteiger partial charge in [-0.1, -0.05) is 62.4 Å². The van der Waals surface area contributed by atoms with E-state index in [2.05, 4.69) is 22.5 Å². The van der Waals surface area contributed by atoms with Crippen LogP contribution in [0.2, 0.25) is 0 Å². The van der Waals surface area contributed by atoms with Crippen molar-refractivity contribution in [3.63, 3.8) is 0 Å². The molecule has 0 aliphatic heterocycles. The maximum atomic E-state index is 12.9. The van der Waals surface area contributed by atoms with Crippen LogP contribution in [0.3, 0.4) is 0 Å². The van der Waals surface area contributed by atoms with Crippen LogP contribution in [0.15, 0.2) is 58.5 Å². The lowest BCUT2D eigenvalue weighted by Gasteiger charge is -2.13. The fourth-order valence-electron chi connectivity index (χ4n) is 3.28. The van der Waals surface area contributed by atoms with E-state index in [-0.39, 0.29) is 29.7 Å². The van der Waals surface area contributed by atoms with Gasteiger partial charge < -0.3 is 10.6 Å². The summed E-state index contributed by atoms with van der Waals surface area (Å²) < 4.78 is 1.64. The van der Waals surface area contributed by atoms with E-state index in [0.29, 0.717) is 22.6 Å². The van der Waals surface area contributed by atoms with Gasteiger partial charge in [-0.2, -0.15) is 0 Å². The van der Waals surface area contributed by atoms with Crippen LogP contribution in [-0.4, -0.2) is 33.7 Å². The number of carbonyl (C=O) groups excluding carboxylic acids is 2. The van der Waals surface area contributed by atoms with Crippen molar-refractivity contribution < 1.29 is 9.59 Å². The number of rotatable bonds is 10. The van der Waals surface area contributed by atoms with Gasteiger partial charge in [0.05, 0.1) is 23.2 Å². The monoisotopic (exact) mass is 452 g/mol. The molecule has 0 bridgehead atoms. The number of amides is 2. The van der Waals surface area contributed by atoms with E-state index < -0.39 is 0 Å². The Labute approximate surface area is 191 Å². The number of nitrogens with zero attached hydrogens (tertiary/aromatic N) is 2. The first-order chi connectivity index (χ1) is 15.5. The van der Waals surface area contributed by atoms with Crippen molar-refractivity contribution in [1.82, 2.24) is 14.9 Å². The number of hydrogen-bond donors (Lipinski definition) is 2. The van der Waals surface area contributed by atoms with Gasteiger partial charge >= 0.3 is 0 Å². The molecule has 32 heavy (non-hydrogen) atoms. The van der Waals surface area contributed by atoms with Gasteiger partial charge in [-0.05, 0) is 36.6 Å². The standard InChI is InChI=1S/C24H28N4O3S/c1-3-5-14-28-23(31)18-11-7-9-13-20(18)27-24(28)32-16-22(30)25-15-21(29)26-19-12-8-6-10-17(19)4-2/h6-13H,3-5,14-16H2,1-2H3,(H,25,30)(H,26,29). The highest BCUT2D eigenvalue weighted by Crippen LogP contribution is 2.18. The van der Waals surface area contributed by atoms with Crippen LogP contribution < -0.4 is 16.2 Å². The molecule has 3 aromatic rings. The van der Waals surface area contributed by atoms with E-state index in [4.69, 9.17) is 0 Å². The number of thioether (sulfide) groups is 1. The highest BCUT2D eigenvalue weighted by molar-refractivity contribution is 7.99. The Morgan fingerprint density at radius 3 is 2.56 bits per heavy atom. The topological polar surface area (TPSA) is 93.1 Å². The van der Waals surface area contributed by atoms with E-state index in [0.717, 1.165) is 30.5 Å². The number of fused-ring (bicyclic) bond motifs is 1. The van der Waals surface area contributed by atoms with E-state index in [9.17, 15) is 14.4 Å². The number of benzene rings is 2. The predicted octanol–water partition coefficient (Wildman–Crippen LogP) is 3.61. The van der Waals surface area contributed by atoms with Crippen LogP contribution in [-0.2, 0) is 22.6 Å². The number of hydrogen-bond acceptors (Lipinski definition) is 5. The smallest absolute Gasteiger partial charge is 0.262 e. The third-order valence-electron chi connectivity index (χ3n) is 5.01. The molecule has 0 radical (unpaired) electrons. The minimum Gasteiger partial charge on any atom is -0.346 e. The van der Waals surface area contributed by atoms with Crippen LogP contribution >= 0.6 is 11.8 Å². The van der Waals surface area contributed by atoms with Gasteiger partial charge in [0, 0.05) is 12.2 Å². The molecule has 0 saturated carbocycles. The summed E-state index contributed by atoms with van der Waals surface area (Å²) in [6.07, 6.45) is 2.59. The summed E-state index contributed by atoms with van der Waals surface area (Å²) in [4.78, 5) is 42.1. The van der Waals surface area contributed by atoms with Crippen molar-refractivity contribution in [2.45, 2.75) is 44.8 Å². The number of carbonyl (C=O) groups is 2. The number of para-hydroxylation sites is 2. The lowest BCUT2D eigenvalue weighted by molar-refractivity contribution is -0.122. The fraction of sp³-hybridized carbons (Fsp3) is 0.333. The first-order valence-electron chi connectivity index (χ1n) is 10.8. The Balaban J connectivity index is 1.61. The zero-order valence-electron chi connectivity index (χ0n) is 18.4. The molecule has 0 fully saturated rings. The fourth-order valence-corrected chi connectivity index (χ4v) is 4.13. The molecule has 2 N–H and O–H groups in total. The predicted molar refractivity (Wildman–Crippen MR) is 129 cm³/mol. The summed E-state index contributed by atoms with van der Waals surface area (Å²) >= 11 is 1.20. The molecule has 1 aromatic heterocycles. The summed E-state index contributed by atoms with van der Waals surface area (Å²) in [5.41, 5.74) is 2.31. The number of unbranched alkanes of at least 4 members (excludes halogenated alkanes) is 1. The Morgan fingerprint density at radius 1 is 1.03 bits per heavy atom. The summed E-state index contributed by atoms with van der Waals surface area (Å²) in [6, 6.07) is 14.8. The maximum Gasteiger partial charge on any atom is 0.262 e. The van der Waals surface area contributed by atoms with E-state index >= 15 is 0 Å². The third-order valence-corrected chi connectivity index (χ3v) is 5.99. The zero-order chi connectivity index (χ0) is 22.9. The van der Waals surface area contributed by atoms with Gasteiger partial charge in [-0.15, -0.1) is 0 Å². The van der Waals surface area contributed by atoms with Gasteiger partial charge in [-0.25, -0.2) is 4.98 Å². The molecule has 2 amide bonds. The molecule has 1 heterocycles. The van der Waals surface area contributed by atoms with Crippen LogP contribution in [0, 0.1) is 0 Å². The summed E-state index contributed by atoms with van der Waals surface area (Å²) in [7, 11) is 0. The van der Waals surface area contributed by atoms with Crippen molar-refractivity contribution in [2.24, 2.45) is 0 Å². The van der Waals surface area contributed by atoms with E-state index in [1.54, 1.807) is 16.7 Å². The van der Waals surface area contributed by atoms with Crippen molar-refractivity contribution in [1.29, 1.82) is 0 Å². The normalized spacial score (nSPS) is 10.8. The highest BCUT2D eigenvalue weighted by atomic mass is 32.2. The van der Waals surface area contributed by atoms with Gasteiger partial charge in [0.15, 0.2) is 5.16 Å². The van der Waals surface area contributed by atoms with Gasteiger partial charge in [0.1, 0.15) is 0 Å². The second kappa shape index (κ2) is 11.5. The third kappa shape index (κ3) is 5.97. The van der Waals surface area contributed by atoms with Gasteiger partial charge in [0.25, 0.3) is 5.56 Å². The molecule has 7 nitrogen and oxygen atoms in total. The summed E-state index contributed by atoms with van der Waals surface area (Å²) in [6.45, 7) is 4.51. The number of aromatic nitrogens is 2. The second-order valence-electron chi connectivity index (χ2n) is 7.35. The molecule has 0 atom stereocenters. The molecule has 3 rings (SSSR count). The number of aryl methyl sites for hydroxylation is 1. The molecular weight excluding hydrogens is 424 g/mol. The lowest BCUT2D eigenvalue weighted by Crippen LogP contribution is -2.34. The highest BCUT2D eigenvalue weighted by Gasteiger charge is 2.14. The SMILES string of the molecule is CCCCn1c(SCC(=O)NCC(=O)Nc2ccccc2CC)nc2ccccc2c1=O. The van der Waals surface area contributed by atoms with Crippen molar-refractivity contribution in [3.8, 4) is 0 Å². The number of nitrogens with one attached hydrogen (secondary N) is 2. The molecule has 168 valence electrons.